The fraction of sp³-hybridized carbons (Fsp3) is 0.706. The van der Waals surface area contributed by atoms with Gasteiger partial charge in [-0.3, -0.25) is 14.6 Å². The van der Waals surface area contributed by atoms with Gasteiger partial charge in [-0.15, -0.1) is 0 Å². The minimum Gasteiger partial charge on any atom is -0.511 e. The van der Waals surface area contributed by atoms with Crippen LogP contribution in [0.5, 0.6) is 0 Å². The predicted octanol–water partition coefficient (Wildman–Crippen LogP) is 3.38. The summed E-state index contributed by atoms with van der Waals surface area (Å²) in [7, 11) is 1.30. The van der Waals surface area contributed by atoms with Crippen molar-refractivity contribution < 1.29 is 19.4 Å². The zero-order valence-corrected chi connectivity index (χ0v) is 14.1. The Balaban J connectivity index is 3.01. The third kappa shape index (κ3) is 5.28. The summed E-state index contributed by atoms with van der Waals surface area (Å²) in [6, 6.07) is 0. The lowest BCUT2D eigenvalue weighted by atomic mass is 9.73. The number of carbonyl (C=O) groups excluding carboxylic acids is 2. The second-order valence-electron chi connectivity index (χ2n) is 6.52. The van der Waals surface area contributed by atoms with E-state index in [1.165, 1.54) is 7.11 Å². The summed E-state index contributed by atoms with van der Waals surface area (Å²) < 4.78 is 4.57. The van der Waals surface area contributed by atoms with Gasteiger partial charge in [-0.2, -0.15) is 0 Å². The average molecular weight is 309 g/mol. The molecule has 0 saturated heterocycles. The number of aliphatic imine (C=N–C) groups is 1. The van der Waals surface area contributed by atoms with Crippen LogP contribution in [0.15, 0.2) is 16.3 Å². The average Bonchev–Trinajstić information content (AvgIpc) is 2.43. The maximum absolute atomic E-state index is 12.4. The molecule has 1 N–H and O–H groups in total. The van der Waals surface area contributed by atoms with Crippen LogP contribution in [0.1, 0.15) is 59.3 Å². The summed E-state index contributed by atoms with van der Waals surface area (Å²) in [6.07, 6.45) is 3.21. The summed E-state index contributed by atoms with van der Waals surface area (Å²) in [4.78, 5) is 28.1. The maximum atomic E-state index is 12.4. The number of Topliss-reactive ketones (excluding diaryl/α,β-unsaturated/α-hetero) is 1. The van der Waals surface area contributed by atoms with Crippen LogP contribution < -0.4 is 0 Å². The molecule has 1 rings (SSSR count). The van der Waals surface area contributed by atoms with Crippen LogP contribution in [0.2, 0.25) is 0 Å². The Morgan fingerprint density at radius 1 is 1.32 bits per heavy atom. The van der Waals surface area contributed by atoms with Gasteiger partial charge in [-0.25, -0.2) is 0 Å². The van der Waals surface area contributed by atoms with Crippen molar-refractivity contribution in [1.82, 2.24) is 0 Å². The minimum absolute atomic E-state index is 0.0406. The van der Waals surface area contributed by atoms with Crippen LogP contribution in [-0.4, -0.2) is 36.2 Å². The smallest absolute Gasteiger partial charge is 0.305 e. The molecule has 0 spiro atoms. The molecule has 0 aromatic rings. The van der Waals surface area contributed by atoms with Gasteiger partial charge in [0.25, 0.3) is 0 Å². The molecule has 0 aliphatic heterocycles. The molecule has 124 valence electrons. The highest BCUT2D eigenvalue weighted by Gasteiger charge is 2.36. The number of aliphatic hydroxyl groups is 1. The van der Waals surface area contributed by atoms with E-state index >= 15 is 0 Å². The number of unbranched alkanes of at least 4 members (excludes halogenated alkanes) is 1. The van der Waals surface area contributed by atoms with Crippen molar-refractivity contribution in [3.05, 3.63) is 11.3 Å². The molecule has 0 heterocycles. The summed E-state index contributed by atoms with van der Waals surface area (Å²) >= 11 is 0. The molecule has 1 saturated carbocycles. The van der Waals surface area contributed by atoms with E-state index in [1.807, 2.05) is 13.8 Å². The Kier molecular flexibility index (Phi) is 6.78. The first-order valence-electron chi connectivity index (χ1n) is 7.86. The van der Waals surface area contributed by atoms with E-state index in [0.717, 1.165) is 12.8 Å². The highest BCUT2D eigenvalue weighted by atomic mass is 16.5. The van der Waals surface area contributed by atoms with Gasteiger partial charge in [-0.1, -0.05) is 27.2 Å². The molecule has 1 aliphatic carbocycles. The van der Waals surface area contributed by atoms with Gasteiger partial charge in [0.15, 0.2) is 5.78 Å². The van der Waals surface area contributed by atoms with Gasteiger partial charge in [0, 0.05) is 25.1 Å². The minimum atomic E-state index is -0.403. The number of esters is 1. The zero-order chi connectivity index (χ0) is 16.8. The van der Waals surface area contributed by atoms with Crippen molar-refractivity contribution in [2.45, 2.75) is 59.3 Å². The van der Waals surface area contributed by atoms with Gasteiger partial charge in [0.05, 0.1) is 19.1 Å². The molecule has 0 radical (unpaired) electrons. The molecule has 0 amide bonds. The zero-order valence-electron chi connectivity index (χ0n) is 14.1. The molecule has 22 heavy (non-hydrogen) atoms. The number of nitrogens with zero attached hydrogens (tertiary/aromatic N) is 1. The lowest BCUT2D eigenvalue weighted by Crippen LogP contribution is -2.33. The number of rotatable bonds is 6. The summed E-state index contributed by atoms with van der Waals surface area (Å²) in [5.74, 6) is -0.532. The highest BCUT2D eigenvalue weighted by Crippen LogP contribution is 2.35. The molecule has 0 aromatic carbocycles. The molecule has 0 aromatic heterocycles. The third-order valence-corrected chi connectivity index (χ3v) is 3.75. The number of aliphatic hydroxyl groups excluding tert-OH is 1. The van der Waals surface area contributed by atoms with Crippen molar-refractivity contribution in [2.75, 3.05) is 13.7 Å². The first kappa shape index (κ1) is 18.4. The van der Waals surface area contributed by atoms with Crippen LogP contribution in [-0.2, 0) is 14.3 Å². The van der Waals surface area contributed by atoms with Gasteiger partial charge >= 0.3 is 5.97 Å². The maximum Gasteiger partial charge on any atom is 0.305 e. The first-order chi connectivity index (χ1) is 10.3. The van der Waals surface area contributed by atoms with E-state index in [9.17, 15) is 14.7 Å². The van der Waals surface area contributed by atoms with Crippen molar-refractivity contribution in [2.24, 2.45) is 10.4 Å². The van der Waals surface area contributed by atoms with Gasteiger partial charge in [0.1, 0.15) is 5.76 Å². The fourth-order valence-corrected chi connectivity index (χ4v) is 2.57. The number of hydrogen-bond acceptors (Lipinski definition) is 5. The van der Waals surface area contributed by atoms with Crippen molar-refractivity contribution in [3.63, 3.8) is 0 Å². The predicted molar refractivity (Wildman–Crippen MR) is 86.1 cm³/mol. The quantitative estimate of drug-likeness (QED) is 0.353. The number of carbonyl (C=O) groups is 2. The Labute approximate surface area is 132 Å². The molecule has 5 heteroatoms. The van der Waals surface area contributed by atoms with Crippen LogP contribution in [0, 0.1) is 5.41 Å². The number of ketones is 1. The van der Waals surface area contributed by atoms with Crippen molar-refractivity contribution in [3.8, 4) is 0 Å². The lowest BCUT2D eigenvalue weighted by Gasteiger charge is -2.31. The van der Waals surface area contributed by atoms with E-state index in [0.29, 0.717) is 30.7 Å². The summed E-state index contributed by atoms with van der Waals surface area (Å²) in [6.45, 7) is 6.80. The van der Waals surface area contributed by atoms with Crippen molar-refractivity contribution >= 4 is 17.5 Å². The molecule has 0 unspecified atom stereocenters. The van der Waals surface area contributed by atoms with Gasteiger partial charge in [-0.05, 0) is 18.3 Å². The van der Waals surface area contributed by atoms with Crippen LogP contribution in [0.25, 0.3) is 0 Å². The molecule has 1 aliphatic rings. The Morgan fingerprint density at radius 2 is 2.00 bits per heavy atom. The molecule has 5 nitrogen and oxygen atoms in total. The molecule has 1 fully saturated rings. The number of hydrogen-bond donors (Lipinski definition) is 1. The second-order valence-corrected chi connectivity index (χ2v) is 6.52. The first-order valence-corrected chi connectivity index (χ1v) is 7.86. The van der Waals surface area contributed by atoms with Gasteiger partial charge < -0.3 is 9.84 Å². The number of methoxy groups -OCH3 is 1. The Bertz CT molecular complexity index is 489. The van der Waals surface area contributed by atoms with E-state index in [4.69, 9.17) is 0 Å². The van der Waals surface area contributed by atoms with Crippen LogP contribution in [0.3, 0.4) is 0 Å². The molecule has 0 atom stereocenters. The van der Waals surface area contributed by atoms with Crippen molar-refractivity contribution in [1.29, 1.82) is 0 Å². The Morgan fingerprint density at radius 3 is 2.59 bits per heavy atom. The topological polar surface area (TPSA) is 76.0 Å². The third-order valence-electron chi connectivity index (χ3n) is 3.75. The molecule has 0 bridgehead atoms. The highest BCUT2D eigenvalue weighted by molar-refractivity contribution is 6.24. The number of ether oxygens (including phenoxy) is 1. The second kappa shape index (κ2) is 8.11. The lowest BCUT2D eigenvalue weighted by molar-refractivity contribution is -0.140. The van der Waals surface area contributed by atoms with E-state index in [2.05, 4.69) is 16.7 Å². The van der Waals surface area contributed by atoms with Gasteiger partial charge in [0.2, 0.25) is 0 Å². The summed E-state index contributed by atoms with van der Waals surface area (Å²) in [5.41, 5.74) is 0.852. The summed E-state index contributed by atoms with van der Waals surface area (Å²) in [5, 5.41) is 10.3. The number of allylic oxidation sites excluding steroid dienone is 2. The van der Waals surface area contributed by atoms with Crippen LogP contribution in [0.4, 0.5) is 0 Å². The fourth-order valence-electron chi connectivity index (χ4n) is 2.57. The SMILES string of the molecule is CCCCN=C1CC(C)(C)CC(=O)C1=C(O)CCC(=O)OC. The largest absolute Gasteiger partial charge is 0.511 e. The van der Waals surface area contributed by atoms with E-state index < -0.39 is 5.97 Å². The normalized spacial score (nSPS) is 21.8. The van der Waals surface area contributed by atoms with E-state index in [1.54, 1.807) is 0 Å². The Hall–Kier alpha value is -1.65. The van der Waals surface area contributed by atoms with Crippen LogP contribution >= 0.6 is 0 Å². The monoisotopic (exact) mass is 309 g/mol. The standard InChI is InChI=1S/C17H27NO4/c1-5-6-9-18-12-10-17(2,3)11-14(20)16(12)13(19)7-8-15(21)22-4/h19H,5-11H2,1-4H3. The molecular weight excluding hydrogens is 282 g/mol. The molecular formula is C17H27NO4. The van der Waals surface area contributed by atoms with E-state index in [-0.39, 0.29) is 29.8 Å².